The first-order chi connectivity index (χ1) is 8.58. The fourth-order valence-electron chi connectivity index (χ4n) is 2.81. The molecule has 0 spiro atoms. The second-order valence-electron chi connectivity index (χ2n) is 5.24. The number of carbonyl (C=O) groups excluding carboxylic acids is 1. The Morgan fingerprint density at radius 1 is 1.22 bits per heavy atom. The standard InChI is InChI=1S/C12H21N3O3/c1-14-6-2-4-9(8-14)13-12(18)15-7-3-5-10(15)11(16)17/h9-10H,2-8H2,1H3,(H,13,18)(H,16,17)/t9?,10-/m0/s1. The molecule has 0 saturated carbocycles. The van der Waals surface area contributed by atoms with E-state index in [2.05, 4.69) is 10.2 Å². The average molecular weight is 255 g/mol. The van der Waals surface area contributed by atoms with Crippen molar-refractivity contribution in [1.82, 2.24) is 15.1 Å². The van der Waals surface area contributed by atoms with Gasteiger partial charge in [0.2, 0.25) is 0 Å². The molecular formula is C12H21N3O3. The normalized spacial score (nSPS) is 29.3. The summed E-state index contributed by atoms with van der Waals surface area (Å²) in [4.78, 5) is 26.7. The van der Waals surface area contributed by atoms with Gasteiger partial charge in [0.25, 0.3) is 0 Å². The van der Waals surface area contributed by atoms with Crippen LogP contribution in [0.2, 0.25) is 0 Å². The molecule has 6 nitrogen and oxygen atoms in total. The molecule has 18 heavy (non-hydrogen) atoms. The Balaban J connectivity index is 1.89. The lowest BCUT2D eigenvalue weighted by Gasteiger charge is -2.32. The number of carbonyl (C=O) groups is 2. The minimum absolute atomic E-state index is 0.145. The van der Waals surface area contributed by atoms with Crippen molar-refractivity contribution in [2.24, 2.45) is 0 Å². The number of rotatable bonds is 2. The van der Waals surface area contributed by atoms with E-state index in [1.807, 2.05) is 7.05 Å². The third-order valence-electron chi connectivity index (χ3n) is 3.75. The summed E-state index contributed by atoms with van der Waals surface area (Å²) in [6.07, 6.45) is 3.38. The Hall–Kier alpha value is -1.30. The van der Waals surface area contributed by atoms with Gasteiger partial charge in [-0.2, -0.15) is 0 Å². The maximum Gasteiger partial charge on any atom is 0.326 e. The fourth-order valence-corrected chi connectivity index (χ4v) is 2.81. The van der Waals surface area contributed by atoms with Crippen molar-refractivity contribution in [2.45, 2.75) is 37.8 Å². The van der Waals surface area contributed by atoms with E-state index < -0.39 is 12.0 Å². The number of piperidine rings is 1. The molecule has 2 fully saturated rings. The van der Waals surface area contributed by atoms with E-state index in [1.54, 1.807) is 0 Å². The monoisotopic (exact) mass is 255 g/mol. The average Bonchev–Trinajstić information content (AvgIpc) is 2.77. The molecule has 2 aliphatic heterocycles. The first-order valence-electron chi connectivity index (χ1n) is 6.56. The summed E-state index contributed by atoms with van der Waals surface area (Å²) in [7, 11) is 2.04. The number of carboxylic acid groups (broad SMARTS) is 1. The molecule has 102 valence electrons. The van der Waals surface area contributed by atoms with Gasteiger partial charge in [0.15, 0.2) is 0 Å². The summed E-state index contributed by atoms with van der Waals surface area (Å²) in [5.74, 6) is -0.900. The van der Waals surface area contributed by atoms with Crippen molar-refractivity contribution in [2.75, 3.05) is 26.7 Å². The molecule has 2 saturated heterocycles. The van der Waals surface area contributed by atoms with Crippen LogP contribution in [0.25, 0.3) is 0 Å². The summed E-state index contributed by atoms with van der Waals surface area (Å²) < 4.78 is 0. The predicted molar refractivity (Wildman–Crippen MR) is 66.4 cm³/mol. The highest BCUT2D eigenvalue weighted by atomic mass is 16.4. The van der Waals surface area contributed by atoms with E-state index in [0.717, 1.165) is 32.4 Å². The number of amides is 2. The molecule has 0 radical (unpaired) electrons. The number of urea groups is 1. The highest BCUT2D eigenvalue weighted by molar-refractivity contribution is 5.83. The molecule has 0 aromatic rings. The van der Waals surface area contributed by atoms with Crippen LogP contribution >= 0.6 is 0 Å². The zero-order valence-corrected chi connectivity index (χ0v) is 10.8. The van der Waals surface area contributed by atoms with Gasteiger partial charge in [0.05, 0.1) is 0 Å². The van der Waals surface area contributed by atoms with Crippen molar-refractivity contribution in [1.29, 1.82) is 0 Å². The largest absolute Gasteiger partial charge is 0.480 e. The van der Waals surface area contributed by atoms with E-state index in [4.69, 9.17) is 5.11 Å². The van der Waals surface area contributed by atoms with Gasteiger partial charge in [-0.15, -0.1) is 0 Å². The van der Waals surface area contributed by atoms with Crippen molar-refractivity contribution >= 4 is 12.0 Å². The Labute approximate surface area is 107 Å². The first kappa shape index (κ1) is 13.1. The van der Waals surface area contributed by atoms with Gasteiger partial charge in [0.1, 0.15) is 6.04 Å². The van der Waals surface area contributed by atoms with E-state index in [-0.39, 0.29) is 12.1 Å². The summed E-state index contributed by atoms with van der Waals surface area (Å²) in [5.41, 5.74) is 0. The zero-order valence-electron chi connectivity index (χ0n) is 10.8. The molecule has 2 N–H and O–H groups in total. The molecule has 2 heterocycles. The number of nitrogens with zero attached hydrogens (tertiary/aromatic N) is 2. The third kappa shape index (κ3) is 2.93. The van der Waals surface area contributed by atoms with E-state index in [9.17, 15) is 9.59 Å². The predicted octanol–water partition coefficient (Wildman–Crippen LogP) is 0.339. The van der Waals surface area contributed by atoms with Crippen LogP contribution in [0.1, 0.15) is 25.7 Å². The third-order valence-corrected chi connectivity index (χ3v) is 3.75. The molecule has 6 heteroatoms. The van der Waals surface area contributed by atoms with Crippen LogP contribution in [0.4, 0.5) is 4.79 Å². The number of hydrogen-bond acceptors (Lipinski definition) is 3. The maximum atomic E-state index is 12.1. The maximum absolute atomic E-state index is 12.1. The zero-order chi connectivity index (χ0) is 13.1. The molecular weight excluding hydrogens is 234 g/mol. The van der Waals surface area contributed by atoms with Gasteiger partial charge in [-0.3, -0.25) is 0 Å². The van der Waals surface area contributed by atoms with Crippen molar-refractivity contribution in [3.63, 3.8) is 0 Å². The van der Waals surface area contributed by atoms with Crippen LogP contribution in [0.3, 0.4) is 0 Å². The second kappa shape index (κ2) is 5.56. The molecule has 2 amide bonds. The number of likely N-dealkylation sites (tertiary alicyclic amines) is 2. The van der Waals surface area contributed by atoms with Crippen molar-refractivity contribution in [3.05, 3.63) is 0 Å². The number of carboxylic acids is 1. The minimum atomic E-state index is -0.900. The van der Waals surface area contributed by atoms with Gasteiger partial charge in [-0.05, 0) is 39.3 Å². The Bertz CT molecular complexity index is 335. The topological polar surface area (TPSA) is 72.9 Å². The van der Waals surface area contributed by atoms with Crippen molar-refractivity contribution in [3.8, 4) is 0 Å². The van der Waals surface area contributed by atoms with E-state index in [1.165, 1.54) is 4.90 Å². The highest BCUT2D eigenvalue weighted by Gasteiger charge is 2.34. The Morgan fingerprint density at radius 3 is 2.61 bits per heavy atom. The van der Waals surface area contributed by atoms with Gasteiger partial charge in [-0.1, -0.05) is 0 Å². The SMILES string of the molecule is CN1CCCC(NC(=O)N2CCC[C@H]2C(=O)O)C1. The number of aliphatic carboxylic acids is 1. The quantitative estimate of drug-likeness (QED) is 0.746. The van der Waals surface area contributed by atoms with E-state index >= 15 is 0 Å². The van der Waals surface area contributed by atoms with E-state index in [0.29, 0.717) is 13.0 Å². The Kier molecular flexibility index (Phi) is 4.06. The summed E-state index contributed by atoms with van der Waals surface area (Å²) in [5, 5.41) is 12.0. The molecule has 0 aromatic heterocycles. The first-order valence-corrected chi connectivity index (χ1v) is 6.56. The lowest BCUT2D eigenvalue weighted by atomic mass is 10.1. The minimum Gasteiger partial charge on any atom is -0.480 e. The number of likely N-dealkylation sites (N-methyl/N-ethyl adjacent to an activating group) is 1. The van der Waals surface area contributed by atoms with Crippen LogP contribution in [0.15, 0.2) is 0 Å². The molecule has 2 rings (SSSR count). The van der Waals surface area contributed by atoms with Crippen LogP contribution in [-0.2, 0) is 4.79 Å². The fraction of sp³-hybridized carbons (Fsp3) is 0.833. The Morgan fingerprint density at radius 2 is 1.94 bits per heavy atom. The lowest BCUT2D eigenvalue weighted by molar-refractivity contribution is -0.141. The van der Waals surface area contributed by atoms with Gasteiger partial charge in [-0.25, -0.2) is 9.59 Å². The molecule has 2 aliphatic rings. The smallest absolute Gasteiger partial charge is 0.326 e. The van der Waals surface area contributed by atoms with Crippen LogP contribution in [0, 0.1) is 0 Å². The lowest BCUT2D eigenvalue weighted by Crippen LogP contribution is -2.53. The molecule has 0 aromatic carbocycles. The summed E-state index contributed by atoms with van der Waals surface area (Å²) in [6.45, 7) is 2.45. The molecule has 0 bridgehead atoms. The molecule has 0 aliphatic carbocycles. The van der Waals surface area contributed by atoms with Crippen LogP contribution in [0.5, 0.6) is 0 Å². The van der Waals surface area contributed by atoms with Gasteiger partial charge >= 0.3 is 12.0 Å². The number of hydrogen-bond donors (Lipinski definition) is 2. The van der Waals surface area contributed by atoms with Crippen molar-refractivity contribution < 1.29 is 14.7 Å². The van der Waals surface area contributed by atoms with Crippen LogP contribution in [-0.4, -0.2) is 65.7 Å². The second-order valence-corrected chi connectivity index (χ2v) is 5.24. The summed E-state index contributed by atoms with van der Waals surface area (Å²) >= 11 is 0. The molecule has 1 unspecified atom stereocenters. The van der Waals surface area contributed by atoms with Gasteiger partial charge in [0, 0.05) is 19.1 Å². The number of nitrogens with one attached hydrogen (secondary N) is 1. The van der Waals surface area contributed by atoms with Gasteiger partial charge < -0.3 is 20.2 Å². The summed E-state index contributed by atoms with van der Waals surface area (Å²) in [6, 6.07) is -0.724. The van der Waals surface area contributed by atoms with Crippen LogP contribution < -0.4 is 5.32 Å². The molecule has 2 atom stereocenters. The highest BCUT2D eigenvalue weighted by Crippen LogP contribution is 2.18.